The molecule has 2 rings (SSSR count). The van der Waals surface area contributed by atoms with Crippen molar-refractivity contribution < 1.29 is 19.8 Å². The first-order valence-electron chi connectivity index (χ1n) is 5.86. The molecule has 0 saturated carbocycles. The lowest BCUT2D eigenvalue weighted by atomic mass is 10.2. The van der Waals surface area contributed by atoms with E-state index in [4.69, 9.17) is 33.4 Å². The number of carbonyl (C=O) groups is 2. The maximum atomic E-state index is 10.8. The molecular formula is C14H8Cl2N2O4. The first kappa shape index (κ1) is 15.9. The molecule has 0 spiro atoms. The van der Waals surface area contributed by atoms with Crippen LogP contribution in [0.25, 0.3) is 0 Å². The summed E-state index contributed by atoms with van der Waals surface area (Å²) in [4.78, 5) is 21.7. The molecule has 0 fully saturated rings. The predicted molar refractivity (Wildman–Crippen MR) is 81.0 cm³/mol. The quantitative estimate of drug-likeness (QED) is 0.781. The van der Waals surface area contributed by atoms with Gasteiger partial charge >= 0.3 is 11.9 Å². The summed E-state index contributed by atoms with van der Waals surface area (Å²) in [5.74, 6) is -2.27. The Bertz CT molecular complexity index is 725. The lowest BCUT2D eigenvalue weighted by Gasteiger charge is -2.00. The van der Waals surface area contributed by atoms with Gasteiger partial charge in [-0.25, -0.2) is 9.59 Å². The number of rotatable bonds is 4. The van der Waals surface area contributed by atoms with E-state index < -0.39 is 11.9 Å². The van der Waals surface area contributed by atoms with Gasteiger partial charge in [0.05, 0.1) is 32.5 Å². The second-order valence-electron chi connectivity index (χ2n) is 4.14. The number of nitrogens with zero attached hydrogens (tertiary/aromatic N) is 2. The van der Waals surface area contributed by atoms with Gasteiger partial charge in [-0.15, -0.1) is 0 Å². The third-order valence-corrected chi connectivity index (χ3v) is 3.27. The smallest absolute Gasteiger partial charge is 0.337 e. The fourth-order valence-corrected chi connectivity index (χ4v) is 2.11. The summed E-state index contributed by atoms with van der Waals surface area (Å²) in [7, 11) is 0. The van der Waals surface area contributed by atoms with Crippen molar-refractivity contribution >= 4 is 46.5 Å². The highest BCUT2D eigenvalue weighted by Crippen LogP contribution is 2.27. The molecule has 0 amide bonds. The number of carboxylic acid groups (broad SMARTS) is 2. The molecule has 22 heavy (non-hydrogen) atoms. The third-order valence-electron chi connectivity index (χ3n) is 2.65. The van der Waals surface area contributed by atoms with E-state index in [2.05, 4.69) is 10.2 Å². The number of aromatic carboxylic acids is 2. The number of carboxylic acids is 2. The Labute approximate surface area is 134 Å². The Morgan fingerprint density at radius 3 is 1.41 bits per heavy atom. The molecular weight excluding hydrogens is 331 g/mol. The fraction of sp³-hybridized carbons (Fsp3) is 0. The van der Waals surface area contributed by atoms with E-state index in [-0.39, 0.29) is 21.2 Å². The van der Waals surface area contributed by atoms with Crippen molar-refractivity contribution in [1.82, 2.24) is 0 Å². The van der Waals surface area contributed by atoms with E-state index in [0.29, 0.717) is 11.4 Å². The largest absolute Gasteiger partial charge is 0.478 e. The molecule has 0 unspecified atom stereocenters. The number of hydrogen-bond donors (Lipinski definition) is 2. The first-order chi connectivity index (χ1) is 10.4. The van der Waals surface area contributed by atoms with Gasteiger partial charge in [0, 0.05) is 0 Å². The van der Waals surface area contributed by atoms with Crippen molar-refractivity contribution in [2.75, 3.05) is 0 Å². The van der Waals surface area contributed by atoms with Gasteiger partial charge < -0.3 is 10.2 Å². The van der Waals surface area contributed by atoms with Crippen molar-refractivity contribution in [1.29, 1.82) is 0 Å². The highest BCUT2D eigenvalue weighted by atomic mass is 35.5. The molecule has 2 aromatic carbocycles. The van der Waals surface area contributed by atoms with E-state index in [1.807, 2.05) is 0 Å². The zero-order valence-electron chi connectivity index (χ0n) is 10.8. The lowest BCUT2D eigenvalue weighted by molar-refractivity contribution is 0.0686. The minimum atomic E-state index is -1.13. The van der Waals surface area contributed by atoms with Gasteiger partial charge in [0.15, 0.2) is 0 Å². The van der Waals surface area contributed by atoms with Crippen LogP contribution in [0.1, 0.15) is 20.7 Å². The zero-order chi connectivity index (χ0) is 16.3. The molecule has 2 aromatic rings. The number of hydrogen-bond acceptors (Lipinski definition) is 4. The van der Waals surface area contributed by atoms with Gasteiger partial charge in [-0.2, -0.15) is 10.2 Å². The average molecular weight is 339 g/mol. The van der Waals surface area contributed by atoms with Crippen LogP contribution >= 0.6 is 23.2 Å². The standard InChI is InChI=1S/C14H8Cl2N2O4/c15-11-5-7(1-3-9(11)13(19)20)17-18-8-2-4-10(14(21)22)12(16)6-8/h1-6H,(H,19,20)(H,21,22)/b18-17+. The predicted octanol–water partition coefficient (Wildman–Crippen LogP) is 4.81. The Kier molecular flexibility index (Phi) is 4.75. The molecule has 0 heterocycles. The summed E-state index contributed by atoms with van der Waals surface area (Å²) < 4.78 is 0. The van der Waals surface area contributed by atoms with Gasteiger partial charge in [-0.3, -0.25) is 0 Å². The molecule has 0 aliphatic rings. The van der Waals surface area contributed by atoms with Gasteiger partial charge in [0.2, 0.25) is 0 Å². The molecule has 0 aromatic heterocycles. The van der Waals surface area contributed by atoms with Crippen LogP contribution < -0.4 is 0 Å². The van der Waals surface area contributed by atoms with Gasteiger partial charge in [-0.1, -0.05) is 23.2 Å². The maximum absolute atomic E-state index is 10.8. The monoisotopic (exact) mass is 338 g/mol. The highest BCUT2D eigenvalue weighted by molar-refractivity contribution is 6.34. The normalized spacial score (nSPS) is 10.8. The SMILES string of the molecule is O=C(O)c1ccc(/N=N/c2ccc(C(=O)O)c(Cl)c2)cc1Cl. The first-order valence-corrected chi connectivity index (χ1v) is 6.61. The summed E-state index contributed by atoms with van der Waals surface area (Å²) >= 11 is 11.6. The molecule has 8 heteroatoms. The van der Waals surface area contributed by atoms with E-state index in [1.165, 1.54) is 36.4 Å². The van der Waals surface area contributed by atoms with Crippen molar-refractivity contribution in [3.63, 3.8) is 0 Å². The van der Waals surface area contributed by atoms with E-state index in [1.54, 1.807) is 0 Å². The molecule has 0 saturated heterocycles. The molecule has 0 aliphatic carbocycles. The molecule has 2 N–H and O–H groups in total. The summed E-state index contributed by atoms with van der Waals surface area (Å²) in [5, 5.41) is 25.6. The van der Waals surface area contributed by atoms with Crippen molar-refractivity contribution in [3.8, 4) is 0 Å². The Morgan fingerprint density at radius 1 is 0.773 bits per heavy atom. The second-order valence-corrected chi connectivity index (χ2v) is 4.95. The molecule has 0 aliphatic heterocycles. The molecule has 112 valence electrons. The van der Waals surface area contributed by atoms with Crippen LogP contribution in [-0.2, 0) is 0 Å². The van der Waals surface area contributed by atoms with Crippen LogP contribution in [0, 0.1) is 0 Å². The van der Waals surface area contributed by atoms with E-state index >= 15 is 0 Å². The van der Waals surface area contributed by atoms with Gasteiger partial charge in [-0.05, 0) is 36.4 Å². The maximum Gasteiger partial charge on any atom is 0.337 e. The number of halogens is 2. The zero-order valence-corrected chi connectivity index (χ0v) is 12.3. The summed E-state index contributed by atoms with van der Waals surface area (Å²) in [6.07, 6.45) is 0. The minimum Gasteiger partial charge on any atom is -0.478 e. The van der Waals surface area contributed by atoms with Crippen LogP contribution in [0.3, 0.4) is 0 Å². The molecule has 6 nitrogen and oxygen atoms in total. The Morgan fingerprint density at radius 2 is 1.14 bits per heavy atom. The molecule has 0 radical (unpaired) electrons. The second kappa shape index (κ2) is 6.55. The van der Waals surface area contributed by atoms with E-state index in [9.17, 15) is 9.59 Å². The topological polar surface area (TPSA) is 99.3 Å². The van der Waals surface area contributed by atoms with Crippen LogP contribution in [0.5, 0.6) is 0 Å². The molecule has 0 bridgehead atoms. The average Bonchev–Trinajstić information content (AvgIpc) is 2.44. The van der Waals surface area contributed by atoms with E-state index in [0.717, 1.165) is 0 Å². The Hall–Kier alpha value is -2.44. The summed E-state index contributed by atoms with van der Waals surface area (Å²) in [6, 6.07) is 8.26. The van der Waals surface area contributed by atoms with Crippen LogP contribution in [0.2, 0.25) is 10.0 Å². The van der Waals surface area contributed by atoms with Crippen LogP contribution in [0.4, 0.5) is 11.4 Å². The third kappa shape index (κ3) is 3.60. The van der Waals surface area contributed by atoms with Crippen molar-refractivity contribution in [3.05, 3.63) is 57.6 Å². The van der Waals surface area contributed by atoms with Crippen LogP contribution in [-0.4, -0.2) is 22.2 Å². The lowest BCUT2D eigenvalue weighted by Crippen LogP contribution is -1.96. The van der Waals surface area contributed by atoms with Gasteiger partial charge in [0.1, 0.15) is 0 Å². The van der Waals surface area contributed by atoms with Crippen molar-refractivity contribution in [2.24, 2.45) is 10.2 Å². The molecule has 0 atom stereocenters. The number of azo groups is 1. The van der Waals surface area contributed by atoms with Crippen molar-refractivity contribution in [2.45, 2.75) is 0 Å². The Balaban J connectivity index is 2.25. The number of benzene rings is 2. The minimum absolute atomic E-state index is 0.0329. The summed E-state index contributed by atoms with van der Waals surface area (Å²) in [6.45, 7) is 0. The van der Waals surface area contributed by atoms with Gasteiger partial charge in [0.25, 0.3) is 0 Å². The summed E-state index contributed by atoms with van der Waals surface area (Å²) in [5.41, 5.74) is 0.644. The van der Waals surface area contributed by atoms with Crippen LogP contribution in [0.15, 0.2) is 46.6 Å². The highest BCUT2D eigenvalue weighted by Gasteiger charge is 2.10. The fourth-order valence-electron chi connectivity index (χ4n) is 1.59.